The van der Waals surface area contributed by atoms with Crippen LogP contribution in [-0.2, 0) is 13.0 Å². The monoisotopic (exact) mass is 318 g/mol. The molecule has 2 aliphatic heterocycles. The van der Waals surface area contributed by atoms with Gasteiger partial charge in [0.25, 0.3) is 0 Å². The largest absolute Gasteiger partial charge is 0.493 e. The number of ether oxygens (including phenoxy) is 1. The van der Waals surface area contributed by atoms with E-state index in [1.54, 1.807) is 0 Å². The van der Waals surface area contributed by atoms with Gasteiger partial charge >= 0.3 is 4.87 Å². The fourth-order valence-corrected chi connectivity index (χ4v) is 3.68. The van der Waals surface area contributed by atoms with E-state index in [9.17, 15) is 4.79 Å². The van der Waals surface area contributed by atoms with Gasteiger partial charge in [-0.2, -0.15) is 0 Å². The number of piperazine rings is 1. The SMILES string of the molecule is O=c1[nH]nc(N2CCN(Cc3ccc4c(c3)OCC4)CC2)s1. The quantitative estimate of drug-likeness (QED) is 0.918. The van der Waals surface area contributed by atoms with E-state index in [1.807, 2.05) is 0 Å². The van der Waals surface area contributed by atoms with Crippen LogP contribution in [0.25, 0.3) is 0 Å². The Balaban J connectivity index is 1.37. The maximum Gasteiger partial charge on any atom is 0.324 e. The van der Waals surface area contributed by atoms with E-state index in [4.69, 9.17) is 4.74 Å². The minimum atomic E-state index is -0.0874. The van der Waals surface area contributed by atoms with Crippen LogP contribution in [0, 0.1) is 0 Å². The van der Waals surface area contributed by atoms with E-state index in [-0.39, 0.29) is 4.87 Å². The van der Waals surface area contributed by atoms with Crippen LogP contribution in [0.5, 0.6) is 5.75 Å². The molecule has 1 aromatic heterocycles. The molecule has 0 aliphatic carbocycles. The minimum absolute atomic E-state index is 0.0874. The molecule has 1 N–H and O–H groups in total. The summed E-state index contributed by atoms with van der Waals surface area (Å²) in [6.07, 6.45) is 1.03. The molecule has 7 heteroatoms. The van der Waals surface area contributed by atoms with Gasteiger partial charge in [-0.05, 0) is 28.5 Å². The van der Waals surface area contributed by atoms with E-state index in [0.717, 1.165) is 56.6 Å². The summed E-state index contributed by atoms with van der Waals surface area (Å²) in [5.41, 5.74) is 2.63. The van der Waals surface area contributed by atoms with Crippen LogP contribution < -0.4 is 14.5 Å². The Labute approximate surface area is 132 Å². The third-order valence-corrected chi connectivity index (χ3v) is 5.05. The number of aromatic amines is 1. The van der Waals surface area contributed by atoms with Gasteiger partial charge in [-0.15, -0.1) is 5.10 Å². The number of nitrogens with zero attached hydrogens (tertiary/aromatic N) is 3. The number of anilines is 1. The molecule has 0 bridgehead atoms. The first-order valence-electron chi connectivity index (χ1n) is 7.55. The summed E-state index contributed by atoms with van der Waals surface area (Å²) in [7, 11) is 0. The Morgan fingerprint density at radius 2 is 2.14 bits per heavy atom. The number of aromatic nitrogens is 2. The van der Waals surface area contributed by atoms with Gasteiger partial charge in [0.2, 0.25) is 5.13 Å². The summed E-state index contributed by atoms with van der Waals surface area (Å²) < 4.78 is 5.64. The van der Waals surface area contributed by atoms with Crippen LogP contribution in [-0.4, -0.2) is 47.9 Å². The molecule has 6 nitrogen and oxygen atoms in total. The minimum Gasteiger partial charge on any atom is -0.493 e. The van der Waals surface area contributed by atoms with Crippen molar-refractivity contribution < 1.29 is 4.74 Å². The molecule has 0 atom stereocenters. The van der Waals surface area contributed by atoms with Crippen LogP contribution >= 0.6 is 11.3 Å². The number of benzene rings is 1. The number of fused-ring (bicyclic) bond motifs is 1. The van der Waals surface area contributed by atoms with Gasteiger partial charge in [-0.3, -0.25) is 9.69 Å². The van der Waals surface area contributed by atoms with Crippen molar-refractivity contribution >= 4 is 16.5 Å². The summed E-state index contributed by atoms with van der Waals surface area (Å²) in [5, 5.41) is 7.35. The Kier molecular flexibility index (Phi) is 3.59. The molecule has 0 saturated carbocycles. The van der Waals surface area contributed by atoms with Crippen LogP contribution in [0.1, 0.15) is 11.1 Å². The molecule has 4 rings (SSSR count). The normalized spacial score (nSPS) is 18.3. The average Bonchev–Trinajstić information content (AvgIpc) is 3.16. The number of hydrogen-bond donors (Lipinski definition) is 1. The predicted molar refractivity (Wildman–Crippen MR) is 85.9 cm³/mol. The van der Waals surface area contributed by atoms with Gasteiger partial charge in [0.1, 0.15) is 5.75 Å². The molecule has 3 heterocycles. The van der Waals surface area contributed by atoms with Crippen molar-refractivity contribution in [1.29, 1.82) is 0 Å². The number of hydrogen-bond acceptors (Lipinski definition) is 6. The highest BCUT2D eigenvalue weighted by Crippen LogP contribution is 2.27. The summed E-state index contributed by atoms with van der Waals surface area (Å²) in [6, 6.07) is 6.57. The van der Waals surface area contributed by atoms with E-state index >= 15 is 0 Å². The van der Waals surface area contributed by atoms with Gasteiger partial charge in [-0.25, -0.2) is 5.10 Å². The molecule has 22 heavy (non-hydrogen) atoms. The lowest BCUT2D eigenvalue weighted by atomic mass is 10.1. The Morgan fingerprint density at radius 1 is 1.27 bits per heavy atom. The molecule has 116 valence electrons. The topological polar surface area (TPSA) is 61.5 Å². The van der Waals surface area contributed by atoms with Crippen LogP contribution in [0.3, 0.4) is 0 Å². The molecule has 0 spiro atoms. The standard InChI is InChI=1S/C15H18N4O2S/c20-15-17-16-14(22-15)19-6-4-18(5-7-19)10-11-1-2-12-3-8-21-13(12)9-11/h1-2,9H,3-8,10H2,(H,17,20). The maximum atomic E-state index is 11.2. The zero-order valence-electron chi connectivity index (χ0n) is 12.2. The molecule has 1 fully saturated rings. The van der Waals surface area contributed by atoms with Crippen molar-refractivity contribution in [2.75, 3.05) is 37.7 Å². The molecule has 0 amide bonds. The van der Waals surface area contributed by atoms with Crippen molar-refractivity contribution in [2.24, 2.45) is 0 Å². The Bertz CT molecular complexity index is 718. The lowest BCUT2D eigenvalue weighted by molar-refractivity contribution is 0.249. The van der Waals surface area contributed by atoms with Crippen molar-refractivity contribution in [2.45, 2.75) is 13.0 Å². The Morgan fingerprint density at radius 3 is 2.91 bits per heavy atom. The third-order valence-electron chi connectivity index (χ3n) is 4.24. The number of nitrogens with one attached hydrogen (secondary N) is 1. The summed E-state index contributed by atoms with van der Waals surface area (Å²) >= 11 is 1.18. The zero-order chi connectivity index (χ0) is 14.9. The third kappa shape index (κ3) is 2.74. The first-order chi connectivity index (χ1) is 10.8. The summed E-state index contributed by atoms with van der Waals surface area (Å²) in [6.45, 7) is 5.52. The Hall–Kier alpha value is -1.86. The fourth-order valence-electron chi connectivity index (χ4n) is 3.02. The van der Waals surface area contributed by atoms with E-state index in [0.29, 0.717) is 0 Å². The fraction of sp³-hybridized carbons (Fsp3) is 0.467. The highest BCUT2D eigenvalue weighted by molar-refractivity contribution is 7.12. The van der Waals surface area contributed by atoms with Gasteiger partial charge in [-0.1, -0.05) is 12.1 Å². The molecule has 2 aromatic rings. The number of H-pyrrole nitrogens is 1. The predicted octanol–water partition coefficient (Wildman–Crippen LogP) is 1.09. The number of rotatable bonds is 3. The molecule has 1 saturated heterocycles. The second-order valence-electron chi connectivity index (χ2n) is 5.70. The first kappa shape index (κ1) is 13.8. The summed E-state index contributed by atoms with van der Waals surface area (Å²) in [5.74, 6) is 1.05. The summed E-state index contributed by atoms with van der Waals surface area (Å²) in [4.78, 5) is 15.7. The van der Waals surface area contributed by atoms with E-state index in [1.165, 1.54) is 22.5 Å². The second kappa shape index (κ2) is 5.73. The maximum absolute atomic E-state index is 11.2. The molecule has 1 aromatic carbocycles. The average molecular weight is 318 g/mol. The second-order valence-corrected chi connectivity index (χ2v) is 6.64. The van der Waals surface area contributed by atoms with Crippen LogP contribution in [0.2, 0.25) is 0 Å². The highest BCUT2D eigenvalue weighted by atomic mass is 32.1. The first-order valence-corrected chi connectivity index (χ1v) is 8.37. The van der Waals surface area contributed by atoms with Crippen molar-refractivity contribution in [3.05, 3.63) is 39.0 Å². The lowest BCUT2D eigenvalue weighted by Gasteiger charge is -2.34. The van der Waals surface area contributed by atoms with Crippen molar-refractivity contribution in [3.63, 3.8) is 0 Å². The molecule has 0 unspecified atom stereocenters. The molecule has 0 radical (unpaired) electrons. The van der Waals surface area contributed by atoms with Gasteiger partial charge < -0.3 is 9.64 Å². The van der Waals surface area contributed by atoms with Gasteiger partial charge in [0.05, 0.1) is 6.61 Å². The van der Waals surface area contributed by atoms with E-state index in [2.05, 4.69) is 38.2 Å². The van der Waals surface area contributed by atoms with Gasteiger partial charge in [0, 0.05) is 39.1 Å². The molecular weight excluding hydrogens is 300 g/mol. The van der Waals surface area contributed by atoms with E-state index < -0.39 is 0 Å². The zero-order valence-corrected chi connectivity index (χ0v) is 13.1. The van der Waals surface area contributed by atoms with Crippen molar-refractivity contribution in [1.82, 2.24) is 15.1 Å². The smallest absolute Gasteiger partial charge is 0.324 e. The van der Waals surface area contributed by atoms with Crippen LogP contribution in [0.15, 0.2) is 23.0 Å². The van der Waals surface area contributed by atoms with Gasteiger partial charge in [0.15, 0.2) is 0 Å². The van der Waals surface area contributed by atoms with Crippen LogP contribution in [0.4, 0.5) is 5.13 Å². The molecular formula is C15H18N4O2S. The lowest BCUT2D eigenvalue weighted by Crippen LogP contribution is -2.45. The molecule has 2 aliphatic rings. The highest BCUT2D eigenvalue weighted by Gasteiger charge is 2.20. The van der Waals surface area contributed by atoms with Crippen molar-refractivity contribution in [3.8, 4) is 5.75 Å².